The molecule has 1 atom stereocenters. The van der Waals surface area contributed by atoms with E-state index in [9.17, 15) is 0 Å². The molecular formula is C10H17BrN4. The molecule has 0 amide bonds. The van der Waals surface area contributed by atoms with Crippen LogP contribution in [0.5, 0.6) is 0 Å². The van der Waals surface area contributed by atoms with Crippen molar-refractivity contribution >= 4 is 15.9 Å². The Morgan fingerprint density at radius 1 is 1.60 bits per heavy atom. The molecule has 1 unspecified atom stereocenters. The fourth-order valence-electron chi connectivity index (χ4n) is 2.06. The number of nitrogens with zero attached hydrogens (tertiary/aromatic N) is 4. The van der Waals surface area contributed by atoms with Crippen LogP contribution in [0, 0.1) is 5.92 Å². The van der Waals surface area contributed by atoms with Crippen molar-refractivity contribution in [2.24, 2.45) is 5.92 Å². The van der Waals surface area contributed by atoms with Gasteiger partial charge in [0.05, 0.1) is 6.54 Å². The van der Waals surface area contributed by atoms with Crippen LogP contribution in [0.1, 0.15) is 19.2 Å². The highest BCUT2D eigenvalue weighted by atomic mass is 79.9. The summed E-state index contributed by atoms with van der Waals surface area (Å²) in [4.78, 5) is 6.76. The molecule has 15 heavy (non-hydrogen) atoms. The predicted octanol–water partition coefficient (Wildman–Crippen LogP) is 1.51. The van der Waals surface area contributed by atoms with Gasteiger partial charge >= 0.3 is 0 Å². The lowest BCUT2D eigenvalue weighted by atomic mass is 10.2. The molecule has 0 radical (unpaired) electrons. The lowest BCUT2D eigenvalue weighted by Gasteiger charge is -2.14. The minimum absolute atomic E-state index is 0.808. The minimum atomic E-state index is 0.808. The number of halogens is 1. The second-order valence-electron chi connectivity index (χ2n) is 4.04. The van der Waals surface area contributed by atoms with Crippen molar-refractivity contribution in [3.8, 4) is 0 Å². The first kappa shape index (κ1) is 11.1. The molecule has 0 N–H and O–H groups in total. The van der Waals surface area contributed by atoms with E-state index in [0.717, 1.165) is 30.2 Å². The van der Waals surface area contributed by atoms with Crippen LogP contribution in [-0.2, 0) is 13.1 Å². The molecule has 1 aromatic heterocycles. The summed E-state index contributed by atoms with van der Waals surface area (Å²) in [6.45, 7) is 6.32. The Kier molecular flexibility index (Phi) is 3.75. The third-order valence-electron chi connectivity index (χ3n) is 2.95. The summed E-state index contributed by atoms with van der Waals surface area (Å²) in [6.07, 6.45) is 2.95. The Hall–Kier alpha value is -0.420. The molecule has 84 valence electrons. The minimum Gasteiger partial charge on any atom is -0.296 e. The zero-order valence-electron chi connectivity index (χ0n) is 9.06. The Balaban J connectivity index is 1.92. The molecular weight excluding hydrogens is 256 g/mol. The number of alkyl halides is 1. The molecule has 0 bridgehead atoms. The molecule has 0 aromatic carbocycles. The second kappa shape index (κ2) is 5.07. The van der Waals surface area contributed by atoms with Crippen molar-refractivity contribution in [2.75, 3.05) is 18.4 Å². The maximum absolute atomic E-state index is 4.30. The van der Waals surface area contributed by atoms with Gasteiger partial charge in [-0.25, -0.2) is 9.67 Å². The van der Waals surface area contributed by atoms with Crippen LogP contribution >= 0.6 is 15.9 Å². The van der Waals surface area contributed by atoms with Crippen molar-refractivity contribution in [2.45, 2.75) is 26.4 Å². The van der Waals surface area contributed by atoms with Gasteiger partial charge in [-0.15, -0.1) is 0 Å². The van der Waals surface area contributed by atoms with Gasteiger partial charge in [-0.2, -0.15) is 5.10 Å². The van der Waals surface area contributed by atoms with E-state index in [1.54, 1.807) is 6.33 Å². The molecule has 1 aliphatic rings. The molecule has 1 aliphatic heterocycles. The number of aryl methyl sites for hydroxylation is 1. The second-order valence-corrected chi connectivity index (χ2v) is 4.68. The molecule has 1 fully saturated rings. The first-order valence-electron chi connectivity index (χ1n) is 5.48. The van der Waals surface area contributed by atoms with E-state index < -0.39 is 0 Å². The highest BCUT2D eigenvalue weighted by molar-refractivity contribution is 9.09. The van der Waals surface area contributed by atoms with Gasteiger partial charge in [0.2, 0.25) is 0 Å². The zero-order chi connectivity index (χ0) is 10.7. The molecule has 0 spiro atoms. The van der Waals surface area contributed by atoms with Gasteiger partial charge in [0.1, 0.15) is 12.2 Å². The average molecular weight is 273 g/mol. The van der Waals surface area contributed by atoms with Crippen LogP contribution in [0.2, 0.25) is 0 Å². The molecule has 1 aromatic rings. The van der Waals surface area contributed by atoms with Crippen molar-refractivity contribution in [1.29, 1.82) is 0 Å². The normalized spacial score (nSPS) is 22.4. The smallest absolute Gasteiger partial charge is 0.140 e. The van der Waals surface area contributed by atoms with Crippen molar-refractivity contribution in [3.63, 3.8) is 0 Å². The van der Waals surface area contributed by atoms with E-state index in [1.165, 1.54) is 19.5 Å². The standard InChI is InChI=1S/C10H17BrN4/c1-2-15-10(12-8-13-15)7-14-4-3-9(5-11)6-14/h8-9H,2-7H2,1H3. The van der Waals surface area contributed by atoms with Crippen LogP contribution in [0.3, 0.4) is 0 Å². The van der Waals surface area contributed by atoms with Gasteiger partial charge in [-0.05, 0) is 25.8 Å². The van der Waals surface area contributed by atoms with Crippen LogP contribution in [0.15, 0.2) is 6.33 Å². The number of rotatable bonds is 4. The van der Waals surface area contributed by atoms with E-state index in [-0.39, 0.29) is 0 Å². The number of hydrogen-bond acceptors (Lipinski definition) is 3. The summed E-state index contributed by atoms with van der Waals surface area (Å²) in [5.74, 6) is 1.90. The summed E-state index contributed by atoms with van der Waals surface area (Å²) in [6, 6.07) is 0. The van der Waals surface area contributed by atoms with E-state index >= 15 is 0 Å². The first-order valence-corrected chi connectivity index (χ1v) is 6.60. The highest BCUT2D eigenvalue weighted by Gasteiger charge is 2.22. The number of hydrogen-bond donors (Lipinski definition) is 0. The molecule has 0 saturated carbocycles. The fourth-order valence-corrected chi connectivity index (χ4v) is 2.59. The van der Waals surface area contributed by atoms with Crippen LogP contribution in [-0.4, -0.2) is 38.1 Å². The van der Waals surface area contributed by atoms with E-state index in [1.807, 2.05) is 4.68 Å². The van der Waals surface area contributed by atoms with Gasteiger partial charge in [0.25, 0.3) is 0 Å². The maximum atomic E-state index is 4.30. The molecule has 1 saturated heterocycles. The monoisotopic (exact) mass is 272 g/mol. The fraction of sp³-hybridized carbons (Fsp3) is 0.800. The molecule has 5 heteroatoms. The highest BCUT2D eigenvalue weighted by Crippen LogP contribution is 2.19. The lowest BCUT2D eigenvalue weighted by molar-refractivity contribution is 0.305. The average Bonchev–Trinajstić information content (AvgIpc) is 2.87. The largest absolute Gasteiger partial charge is 0.296 e. The van der Waals surface area contributed by atoms with E-state index in [0.29, 0.717) is 0 Å². The Bertz CT molecular complexity index is 312. The summed E-state index contributed by atoms with van der Waals surface area (Å²) in [5, 5.41) is 5.30. The zero-order valence-corrected chi connectivity index (χ0v) is 10.7. The Morgan fingerprint density at radius 3 is 3.13 bits per heavy atom. The Labute approximate surface area is 98.8 Å². The third kappa shape index (κ3) is 2.58. The van der Waals surface area contributed by atoms with Gasteiger partial charge in [-0.1, -0.05) is 15.9 Å². The molecule has 0 aliphatic carbocycles. The lowest BCUT2D eigenvalue weighted by Crippen LogP contribution is -2.23. The first-order chi connectivity index (χ1) is 7.33. The predicted molar refractivity (Wildman–Crippen MR) is 62.9 cm³/mol. The summed E-state index contributed by atoms with van der Waals surface area (Å²) < 4.78 is 1.97. The van der Waals surface area contributed by atoms with Gasteiger partial charge in [0, 0.05) is 18.4 Å². The van der Waals surface area contributed by atoms with Crippen LogP contribution < -0.4 is 0 Å². The summed E-state index contributed by atoms with van der Waals surface area (Å²) >= 11 is 3.55. The SMILES string of the molecule is CCn1ncnc1CN1CCC(CBr)C1. The summed E-state index contributed by atoms with van der Waals surface area (Å²) in [5.41, 5.74) is 0. The van der Waals surface area contributed by atoms with Gasteiger partial charge < -0.3 is 0 Å². The molecule has 4 nitrogen and oxygen atoms in total. The van der Waals surface area contributed by atoms with Crippen LogP contribution in [0.25, 0.3) is 0 Å². The Morgan fingerprint density at radius 2 is 2.47 bits per heavy atom. The van der Waals surface area contributed by atoms with Crippen molar-refractivity contribution in [1.82, 2.24) is 19.7 Å². The third-order valence-corrected chi connectivity index (χ3v) is 3.86. The number of likely N-dealkylation sites (tertiary alicyclic amines) is 1. The molecule has 2 heterocycles. The maximum Gasteiger partial charge on any atom is 0.140 e. The quantitative estimate of drug-likeness (QED) is 0.780. The number of aromatic nitrogens is 3. The van der Waals surface area contributed by atoms with E-state index in [4.69, 9.17) is 0 Å². The van der Waals surface area contributed by atoms with Crippen molar-refractivity contribution in [3.05, 3.63) is 12.2 Å². The van der Waals surface area contributed by atoms with Gasteiger partial charge in [0.15, 0.2) is 0 Å². The van der Waals surface area contributed by atoms with Gasteiger partial charge in [-0.3, -0.25) is 4.90 Å². The molecule has 2 rings (SSSR count). The van der Waals surface area contributed by atoms with E-state index in [2.05, 4.69) is 37.8 Å². The van der Waals surface area contributed by atoms with Crippen molar-refractivity contribution < 1.29 is 0 Å². The topological polar surface area (TPSA) is 34.0 Å². The van der Waals surface area contributed by atoms with Crippen LogP contribution in [0.4, 0.5) is 0 Å². The summed E-state index contributed by atoms with van der Waals surface area (Å²) in [7, 11) is 0.